The van der Waals surface area contributed by atoms with E-state index >= 15 is 0 Å². The molecule has 2 amide bonds. The zero-order valence-corrected chi connectivity index (χ0v) is 11.6. The number of nitrogens with one attached hydrogen (secondary N) is 1. The summed E-state index contributed by atoms with van der Waals surface area (Å²) in [5.41, 5.74) is 0. The first-order chi connectivity index (χ1) is 9.09. The fourth-order valence-corrected chi connectivity index (χ4v) is 3.06. The summed E-state index contributed by atoms with van der Waals surface area (Å²) in [6, 6.07) is -0.879. The highest BCUT2D eigenvalue weighted by molar-refractivity contribution is 5.83. The fraction of sp³-hybridized carbons (Fsp3) is 0.857. The van der Waals surface area contributed by atoms with Crippen LogP contribution in [0.25, 0.3) is 0 Å². The maximum absolute atomic E-state index is 12.1. The van der Waals surface area contributed by atoms with Crippen LogP contribution in [0.4, 0.5) is 4.79 Å². The molecule has 108 valence electrons. The minimum absolute atomic E-state index is 0.0311. The predicted octanol–water partition coefficient (Wildman–Crippen LogP) is 2.07. The number of amides is 2. The van der Waals surface area contributed by atoms with Gasteiger partial charge in [0.1, 0.15) is 6.04 Å². The van der Waals surface area contributed by atoms with Gasteiger partial charge in [0.15, 0.2) is 0 Å². The molecule has 0 spiro atoms. The van der Waals surface area contributed by atoms with Gasteiger partial charge in [0.05, 0.1) is 0 Å². The van der Waals surface area contributed by atoms with E-state index in [1.807, 2.05) is 6.92 Å². The van der Waals surface area contributed by atoms with Gasteiger partial charge in [-0.2, -0.15) is 0 Å². The maximum Gasteiger partial charge on any atom is 0.326 e. The summed E-state index contributed by atoms with van der Waals surface area (Å²) in [7, 11) is 0. The third kappa shape index (κ3) is 3.39. The number of piperidine rings is 1. The Morgan fingerprint density at radius 2 is 2.00 bits per heavy atom. The van der Waals surface area contributed by atoms with Crippen molar-refractivity contribution < 1.29 is 14.7 Å². The third-order valence-electron chi connectivity index (χ3n) is 4.50. The molecule has 1 aliphatic carbocycles. The molecule has 2 N–H and O–H groups in total. The van der Waals surface area contributed by atoms with Gasteiger partial charge >= 0.3 is 12.0 Å². The van der Waals surface area contributed by atoms with Crippen molar-refractivity contribution >= 4 is 12.0 Å². The zero-order chi connectivity index (χ0) is 13.8. The van der Waals surface area contributed by atoms with E-state index in [0.29, 0.717) is 13.1 Å². The fourth-order valence-electron chi connectivity index (χ4n) is 3.06. The van der Waals surface area contributed by atoms with E-state index in [9.17, 15) is 14.7 Å². The van der Waals surface area contributed by atoms with E-state index in [0.717, 1.165) is 25.2 Å². The van der Waals surface area contributed by atoms with Gasteiger partial charge in [0, 0.05) is 13.1 Å². The van der Waals surface area contributed by atoms with Crippen molar-refractivity contribution in [3.63, 3.8) is 0 Å². The molecule has 0 aromatic heterocycles. The first-order valence-corrected chi connectivity index (χ1v) is 7.37. The Kier molecular flexibility index (Phi) is 4.66. The van der Waals surface area contributed by atoms with E-state index in [4.69, 9.17) is 0 Å². The topological polar surface area (TPSA) is 69.6 Å². The van der Waals surface area contributed by atoms with E-state index < -0.39 is 12.0 Å². The number of carbonyl (C=O) groups excluding carboxylic acids is 1. The molecular formula is C14H24N2O3. The van der Waals surface area contributed by atoms with Gasteiger partial charge in [0.25, 0.3) is 0 Å². The molecule has 2 aliphatic rings. The first kappa shape index (κ1) is 14.2. The van der Waals surface area contributed by atoms with Gasteiger partial charge in [0.2, 0.25) is 0 Å². The summed E-state index contributed by atoms with van der Waals surface area (Å²) in [5.74, 6) is -0.0965. The average Bonchev–Trinajstić information content (AvgIpc) is 2.31. The summed E-state index contributed by atoms with van der Waals surface area (Å²) in [6.07, 6.45) is 6.64. The van der Waals surface area contributed by atoms with Crippen LogP contribution >= 0.6 is 0 Å². The number of rotatable bonds is 4. The Labute approximate surface area is 114 Å². The molecule has 0 bridgehead atoms. The van der Waals surface area contributed by atoms with E-state index in [-0.39, 0.29) is 11.9 Å². The van der Waals surface area contributed by atoms with Crippen LogP contribution in [-0.4, -0.2) is 41.1 Å². The standard InChI is InChI=1S/C14H24N2O3/c1-10-4-3-9-16(12(10)13(17)18)14(19)15-8-7-11-5-2-6-11/h10-12H,2-9H2,1H3,(H,15,19)(H,17,18). The number of aliphatic carboxylic acids is 1. The van der Waals surface area contributed by atoms with Crippen molar-refractivity contribution in [2.45, 2.75) is 51.5 Å². The zero-order valence-electron chi connectivity index (χ0n) is 11.6. The molecule has 2 atom stereocenters. The van der Waals surface area contributed by atoms with Gasteiger partial charge in [-0.05, 0) is 31.1 Å². The summed E-state index contributed by atoms with van der Waals surface area (Å²) < 4.78 is 0. The third-order valence-corrected chi connectivity index (χ3v) is 4.50. The second-order valence-electron chi connectivity index (χ2n) is 5.91. The average molecular weight is 268 g/mol. The number of urea groups is 1. The summed E-state index contributed by atoms with van der Waals surface area (Å²) >= 11 is 0. The van der Waals surface area contributed by atoms with Crippen molar-refractivity contribution in [2.24, 2.45) is 11.8 Å². The van der Waals surface area contributed by atoms with E-state index in [1.54, 1.807) is 0 Å². The lowest BCUT2D eigenvalue weighted by Crippen LogP contribution is -2.55. The first-order valence-electron chi connectivity index (χ1n) is 7.37. The molecule has 19 heavy (non-hydrogen) atoms. The number of carboxylic acids is 1. The number of hydrogen-bond acceptors (Lipinski definition) is 2. The number of carboxylic acid groups (broad SMARTS) is 1. The lowest BCUT2D eigenvalue weighted by molar-refractivity contribution is -0.145. The van der Waals surface area contributed by atoms with Crippen LogP contribution < -0.4 is 5.32 Å². The Balaban J connectivity index is 1.82. The minimum Gasteiger partial charge on any atom is -0.480 e. The largest absolute Gasteiger partial charge is 0.480 e. The van der Waals surface area contributed by atoms with Crippen LogP contribution in [0.15, 0.2) is 0 Å². The number of hydrogen-bond donors (Lipinski definition) is 2. The van der Waals surface area contributed by atoms with Gasteiger partial charge in [-0.25, -0.2) is 9.59 Å². The van der Waals surface area contributed by atoms with E-state index in [2.05, 4.69) is 5.32 Å². The van der Waals surface area contributed by atoms with Crippen molar-refractivity contribution in [3.05, 3.63) is 0 Å². The number of likely N-dealkylation sites (tertiary alicyclic amines) is 1. The SMILES string of the molecule is CC1CCCN(C(=O)NCCC2CCC2)C1C(=O)O. The summed E-state index contributed by atoms with van der Waals surface area (Å²) in [6.45, 7) is 3.13. The second kappa shape index (κ2) is 6.26. The van der Waals surface area contributed by atoms with Crippen LogP contribution in [0.3, 0.4) is 0 Å². The quantitative estimate of drug-likeness (QED) is 0.820. The molecule has 1 saturated carbocycles. The van der Waals surface area contributed by atoms with E-state index in [1.165, 1.54) is 24.2 Å². The maximum atomic E-state index is 12.1. The predicted molar refractivity (Wildman–Crippen MR) is 71.9 cm³/mol. The minimum atomic E-state index is -0.888. The molecule has 5 nitrogen and oxygen atoms in total. The van der Waals surface area contributed by atoms with Gasteiger partial charge in [-0.15, -0.1) is 0 Å². The molecule has 2 unspecified atom stereocenters. The highest BCUT2D eigenvalue weighted by Gasteiger charge is 2.36. The van der Waals surface area contributed by atoms with Crippen LogP contribution in [0.1, 0.15) is 45.4 Å². The molecule has 1 saturated heterocycles. The van der Waals surface area contributed by atoms with Gasteiger partial charge in [-0.3, -0.25) is 0 Å². The second-order valence-corrected chi connectivity index (χ2v) is 5.91. The van der Waals surface area contributed by atoms with Crippen molar-refractivity contribution in [3.8, 4) is 0 Å². The van der Waals surface area contributed by atoms with Crippen LogP contribution in [-0.2, 0) is 4.79 Å². The van der Waals surface area contributed by atoms with Crippen molar-refractivity contribution in [1.29, 1.82) is 0 Å². The summed E-state index contributed by atoms with van der Waals surface area (Å²) in [5, 5.41) is 12.1. The van der Waals surface area contributed by atoms with Gasteiger partial charge in [-0.1, -0.05) is 26.2 Å². The molecule has 0 radical (unpaired) electrons. The lowest BCUT2D eigenvalue weighted by Gasteiger charge is -2.37. The summed E-state index contributed by atoms with van der Waals surface area (Å²) in [4.78, 5) is 24.9. The highest BCUT2D eigenvalue weighted by atomic mass is 16.4. The molecule has 2 rings (SSSR count). The molecule has 0 aromatic rings. The van der Waals surface area contributed by atoms with Crippen LogP contribution in [0, 0.1) is 11.8 Å². The Hall–Kier alpha value is -1.26. The smallest absolute Gasteiger partial charge is 0.326 e. The molecule has 1 aliphatic heterocycles. The monoisotopic (exact) mass is 268 g/mol. The molecular weight excluding hydrogens is 244 g/mol. The molecule has 1 heterocycles. The Morgan fingerprint density at radius 3 is 2.58 bits per heavy atom. The normalized spacial score (nSPS) is 27.7. The Bertz CT molecular complexity index is 342. The van der Waals surface area contributed by atoms with Crippen LogP contribution in [0.5, 0.6) is 0 Å². The number of nitrogens with zero attached hydrogens (tertiary/aromatic N) is 1. The molecule has 0 aromatic carbocycles. The van der Waals surface area contributed by atoms with Crippen molar-refractivity contribution in [2.75, 3.05) is 13.1 Å². The number of carbonyl (C=O) groups is 2. The van der Waals surface area contributed by atoms with Crippen molar-refractivity contribution in [1.82, 2.24) is 10.2 Å². The Morgan fingerprint density at radius 1 is 1.26 bits per heavy atom. The lowest BCUT2D eigenvalue weighted by atomic mass is 9.83. The highest BCUT2D eigenvalue weighted by Crippen LogP contribution is 2.29. The van der Waals surface area contributed by atoms with Crippen LogP contribution in [0.2, 0.25) is 0 Å². The molecule has 2 fully saturated rings. The molecule has 5 heteroatoms. The van der Waals surface area contributed by atoms with Gasteiger partial charge < -0.3 is 15.3 Å².